The summed E-state index contributed by atoms with van der Waals surface area (Å²) in [7, 11) is -7.99. The van der Waals surface area contributed by atoms with Crippen LogP contribution < -0.4 is 36.0 Å². The van der Waals surface area contributed by atoms with E-state index in [-0.39, 0.29) is 90.8 Å². The molecule has 0 bridgehead atoms. The van der Waals surface area contributed by atoms with Crippen LogP contribution >= 0.6 is 0 Å². The Morgan fingerprint density at radius 2 is 1.00 bits per heavy atom. The van der Waals surface area contributed by atoms with E-state index >= 15 is 0 Å². The van der Waals surface area contributed by atoms with Gasteiger partial charge >= 0.3 is 30.5 Å². The summed E-state index contributed by atoms with van der Waals surface area (Å²) < 4.78 is 147. The van der Waals surface area contributed by atoms with E-state index in [1.54, 1.807) is 78.0 Å². The number of alkyl carbamates (subject to hydrolysis) is 2. The third kappa shape index (κ3) is 19.6. The zero-order chi connectivity index (χ0) is 77.5. The number of hydrogen-bond acceptors (Lipinski definition) is 20. The Bertz CT molecular complexity index is 4130. The number of nitrogens with one attached hydrogen (secondary N) is 7. The van der Waals surface area contributed by atoms with Crippen LogP contribution in [-0.2, 0) is 93.9 Å². The summed E-state index contributed by atoms with van der Waals surface area (Å²) >= 11 is 0. The topological polar surface area (TPSA) is 376 Å². The molecule has 0 radical (unpaired) electrons. The summed E-state index contributed by atoms with van der Waals surface area (Å²) in [5.74, 6) is -7.18. The number of benzene rings is 2. The van der Waals surface area contributed by atoms with Crippen molar-refractivity contribution in [2.45, 2.75) is 220 Å². The lowest BCUT2D eigenvalue weighted by molar-refractivity contribution is -0.147. The zero-order valence-electron chi connectivity index (χ0n) is 60.1. The van der Waals surface area contributed by atoms with Crippen LogP contribution in [0.25, 0.3) is 0 Å². The quantitative estimate of drug-likeness (QED) is 0.0931. The molecule has 6 fully saturated rings. The number of rotatable bonds is 11. The predicted molar refractivity (Wildman–Crippen MR) is 369 cm³/mol. The first kappa shape index (κ1) is 79.3. The first-order valence-corrected chi connectivity index (χ1v) is 38.9. The summed E-state index contributed by atoms with van der Waals surface area (Å²) in [5.41, 5.74) is -3.30. The van der Waals surface area contributed by atoms with E-state index in [0.717, 1.165) is 9.80 Å². The van der Waals surface area contributed by atoms with Gasteiger partial charge < -0.3 is 55.3 Å². The van der Waals surface area contributed by atoms with Gasteiger partial charge in [0.05, 0.1) is 43.2 Å². The van der Waals surface area contributed by atoms with Gasteiger partial charge in [-0.2, -0.15) is 13.2 Å². The first-order valence-electron chi connectivity index (χ1n) is 35.8. The maximum absolute atomic E-state index is 14.4. The Hall–Kier alpha value is -8.71. The number of sulfonamides is 2. The summed E-state index contributed by atoms with van der Waals surface area (Å²) in [6.07, 6.45) is -1.82. The molecule has 30 nitrogen and oxygen atoms in total. The maximum Gasteiger partial charge on any atom is 0.410 e. The van der Waals surface area contributed by atoms with E-state index in [9.17, 15) is 86.7 Å². The third-order valence-electron chi connectivity index (χ3n) is 20.1. The standard InChI is InChI=1S/C36H46F4N6O9S.C34H45FN6O9S/c1-34(2,3)55-32(50)41-27-12-14-44(20-36(38,39)40)13-5-4-8-22-16-35(22,31(49)43-56(52,53)24-10-11-24)42-29(47)28-15-23(18-46(28)30(27)48)54-33(51)45-17-21-7-6-9-26(37)25(21)19-45;1-33(2,3)50-31(45)37-26-12-14-36-13-5-4-8-21-16-34(21,30(44)39-51(47,48)23-10-11-23)38-28(42)27-15-22(18-41(27)29(26)43)49-32(46)40-17-20-7-6-9-25(35)24(20)19-40/h4,6-9,22-24,27-28H,5,10-20H2,1-3H3,(H,41,50)(H,42,47)(H,43,49);4,6-9,21-23,26-27,36H,5,10-19H2,1-3H3,(H,37,45)(H,38,42)(H,39,44)/b2*8-4-/t22-,23-,27+,28+,35-;21-,22-,26+,27+,34-/m11/s1. The molecular formula is C70H91F5N12O18S2. The molecule has 10 atom stereocenters. The Kier molecular flexibility index (Phi) is 23.1. The number of hydrogen-bond donors (Lipinski definition) is 7. The largest absolute Gasteiger partial charge is 0.444 e. The smallest absolute Gasteiger partial charge is 0.410 e. The predicted octanol–water partition coefficient (Wildman–Crippen LogP) is 4.40. The van der Waals surface area contributed by atoms with E-state index < -0.39 is 192 Å². The van der Waals surface area contributed by atoms with Gasteiger partial charge in [0.1, 0.15) is 70.3 Å². The van der Waals surface area contributed by atoms with E-state index in [2.05, 4.69) is 36.0 Å². The summed E-state index contributed by atoms with van der Waals surface area (Å²) in [4.78, 5) is 143. The Balaban J connectivity index is 0.000000214. The van der Waals surface area contributed by atoms with Gasteiger partial charge in [0, 0.05) is 62.0 Å². The molecule has 6 aliphatic heterocycles. The molecule has 0 spiro atoms. The maximum atomic E-state index is 14.4. The number of alkyl halides is 3. The molecule has 2 saturated heterocycles. The minimum Gasteiger partial charge on any atom is -0.444 e. The van der Waals surface area contributed by atoms with Crippen LogP contribution in [0.2, 0.25) is 0 Å². The Morgan fingerprint density at radius 1 is 0.570 bits per heavy atom. The lowest BCUT2D eigenvalue weighted by atomic mass is 10.1. The average molecular weight is 1550 g/mol. The average Bonchev–Trinajstić information content (AvgIpc) is 1.58. The molecule has 586 valence electrons. The molecule has 7 N–H and O–H groups in total. The molecule has 2 aromatic rings. The Morgan fingerprint density at radius 3 is 1.41 bits per heavy atom. The molecule has 10 aliphatic rings. The van der Waals surface area contributed by atoms with Crippen molar-refractivity contribution in [3.05, 3.63) is 94.6 Å². The number of amides is 10. The number of nitrogens with zero attached hydrogens (tertiary/aromatic N) is 5. The summed E-state index contributed by atoms with van der Waals surface area (Å²) in [6.45, 7) is 8.26. The van der Waals surface area contributed by atoms with E-state index in [4.69, 9.17) is 18.9 Å². The van der Waals surface area contributed by atoms with Gasteiger partial charge in [-0.25, -0.2) is 44.8 Å². The van der Waals surface area contributed by atoms with Crippen molar-refractivity contribution in [3.8, 4) is 0 Å². The van der Waals surface area contributed by atoms with Crippen LogP contribution in [0.1, 0.15) is 141 Å². The molecule has 4 saturated carbocycles. The molecule has 0 unspecified atom stereocenters. The molecule has 10 amide bonds. The number of halogens is 5. The van der Waals surface area contributed by atoms with Gasteiger partial charge in [0.15, 0.2) is 0 Å². The molecular weight excluding hydrogens is 1460 g/mol. The highest BCUT2D eigenvalue weighted by Gasteiger charge is 2.64. The number of fused-ring (bicyclic) bond motifs is 6. The lowest BCUT2D eigenvalue weighted by Gasteiger charge is -2.31. The molecule has 107 heavy (non-hydrogen) atoms. The van der Waals surface area contributed by atoms with Crippen LogP contribution in [0.15, 0.2) is 60.7 Å². The van der Waals surface area contributed by atoms with Crippen LogP contribution in [0.5, 0.6) is 0 Å². The van der Waals surface area contributed by atoms with Gasteiger partial charge in [-0.1, -0.05) is 48.6 Å². The van der Waals surface area contributed by atoms with Crippen LogP contribution in [-0.4, -0.2) is 222 Å². The zero-order valence-corrected chi connectivity index (χ0v) is 61.7. The monoisotopic (exact) mass is 1550 g/mol. The minimum absolute atomic E-state index is 0.00863. The minimum atomic E-state index is -4.61. The van der Waals surface area contributed by atoms with E-state index in [1.165, 1.54) is 32.9 Å². The van der Waals surface area contributed by atoms with Crippen molar-refractivity contribution in [3.63, 3.8) is 0 Å². The summed E-state index contributed by atoms with van der Waals surface area (Å²) in [6, 6.07) is 3.68. The fourth-order valence-electron chi connectivity index (χ4n) is 14.1. The molecule has 4 aliphatic carbocycles. The van der Waals surface area contributed by atoms with Crippen molar-refractivity contribution < 1.29 is 106 Å². The molecule has 37 heteroatoms. The van der Waals surface area contributed by atoms with E-state index in [1.807, 2.05) is 6.08 Å². The van der Waals surface area contributed by atoms with Crippen molar-refractivity contribution in [2.24, 2.45) is 11.8 Å². The highest BCUT2D eigenvalue weighted by molar-refractivity contribution is 7.91. The van der Waals surface area contributed by atoms with Crippen molar-refractivity contribution in [1.82, 2.24) is 60.5 Å². The van der Waals surface area contributed by atoms with Crippen LogP contribution in [0.4, 0.5) is 41.1 Å². The third-order valence-corrected chi connectivity index (χ3v) is 23.7. The van der Waals surface area contributed by atoms with Gasteiger partial charge in [-0.3, -0.25) is 52.9 Å². The van der Waals surface area contributed by atoms with Crippen LogP contribution in [0.3, 0.4) is 0 Å². The SMILES string of the molecule is CC(C)(C)OC(=O)N[C@H]1CCN(CC(F)(F)F)CC/C=C\[C@@H]2C[C@@]2(C(=O)NS(=O)(=O)C2CC2)NC(=O)[C@@H]2C[C@@H](OC(=O)N3Cc4cccc(F)c4C3)CN2C1=O.CC(C)(C)OC(=O)N[C@H]1CCNCC/C=C\[C@@H]2C[C@@]2(C(=O)NS(=O)(=O)C2CC2)NC(=O)[C@@H]2C[C@@H](OC(=O)N3Cc4cccc(F)c4C3)CN2C1=O. The summed E-state index contributed by atoms with van der Waals surface area (Å²) in [5, 5.41) is 12.3. The van der Waals surface area contributed by atoms with Gasteiger partial charge in [0.25, 0.3) is 11.8 Å². The van der Waals surface area contributed by atoms with Gasteiger partial charge in [-0.15, -0.1) is 0 Å². The second kappa shape index (κ2) is 31.1. The Labute approximate surface area is 615 Å². The molecule has 6 heterocycles. The van der Waals surface area contributed by atoms with Crippen molar-refractivity contribution >= 4 is 79.9 Å². The lowest BCUT2D eigenvalue weighted by Crippen LogP contribution is -2.58. The van der Waals surface area contributed by atoms with E-state index in [0.29, 0.717) is 67.4 Å². The van der Waals surface area contributed by atoms with Gasteiger partial charge in [-0.05, 0) is 142 Å². The second-order valence-corrected chi connectivity index (χ2v) is 34.8. The molecule has 12 rings (SSSR count). The molecule has 2 aromatic carbocycles. The van der Waals surface area contributed by atoms with Crippen molar-refractivity contribution in [2.75, 3.05) is 45.8 Å². The fraction of sp³-hybridized carbons (Fsp3) is 0.629. The number of carbonyl (C=O) groups excluding carboxylic acids is 10. The second-order valence-electron chi connectivity index (χ2n) is 30.9. The van der Waals surface area contributed by atoms with Crippen molar-refractivity contribution in [1.29, 1.82) is 0 Å². The van der Waals surface area contributed by atoms with Crippen LogP contribution in [0, 0.1) is 23.5 Å². The molecule has 0 aromatic heterocycles. The normalized spacial score (nSPS) is 28.5. The first-order chi connectivity index (χ1) is 50.2. The van der Waals surface area contributed by atoms with Gasteiger partial charge in [0.2, 0.25) is 43.7 Å². The highest BCUT2D eigenvalue weighted by atomic mass is 32.2. The number of carbonyl (C=O) groups is 10. The fourth-order valence-corrected chi connectivity index (χ4v) is 16.9. The highest BCUT2D eigenvalue weighted by Crippen LogP contribution is 2.48. The number of ether oxygens (including phenoxy) is 4.